The van der Waals surface area contributed by atoms with Crippen LogP contribution in [0.15, 0.2) is 53.6 Å². The second kappa shape index (κ2) is 9.68. The monoisotopic (exact) mass is 510 g/mol. The molecule has 0 bridgehead atoms. The fourth-order valence-corrected chi connectivity index (χ4v) is 5.49. The Bertz CT molecular complexity index is 1500. The minimum absolute atomic E-state index is 0.0137. The summed E-state index contributed by atoms with van der Waals surface area (Å²) in [5.74, 6) is -0.528. The van der Waals surface area contributed by atoms with Crippen molar-refractivity contribution in [2.45, 2.75) is 64.1 Å². The van der Waals surface area contributed by atoms with Gasteiger partial charge in [0.1, 0.15) is 5.65 Å². The third kappa shape index (κ3) is 4.86. The number of rotatable bonds is 4. The molecule has 37 heavy (non-hydrogen) atoms. The van der Waals surface area contributed by atoms with Gasteiger partial charge in [-0.05, 0) is 93.3 Å². The number of aromatic nitrogens is 4. The van der Waals surface area contributed by atoms with Crippen molar-refractivity contribution in [2.24, 2.45) is 0 Å². The number of halogens is 4. The van der Waals surface area contributed by atoms with E-state index in [9.17, 15) is 22.4 Å². The molecule has 0 N–H and O–H groups in total. The lowest BCUT2D eigenvalue weighted by Crippen LogP contribution is -2.29. The molecular formula is C28H26F4N4O. The minimum atomic E-state index is -4.60. The van der Waals surface area contributed by atoms with E-state index >= 15 is 0 Å². The van der Waals surface area contributed by atoms with Crippen molar-refractivity contribution in [3.05, 3.63) is 98.7 Å². The van der Waals surface area contributed by atoms with Crippen molar-refractivity contribution >= 4 is 11.0 Å². The van der Waals surface area contributed by atoms with Crippen molar-refractivity contribution in [3.63, 3.8) is 0 Å². The number of nitrogens with zero attached hydrogens (tertiary/aromatic N) is 4. The van der Waals surface area contributed by atoms with E-state index in [1.807, 2.05) is 25.1 Å². The molecule has 0 unspecified atom stereocenters. The second-order valence-corrected chi connectivity index (χ2v) is 9.73. The Kier molecular flexibility index (Phi) is 6.56. The second-order valence-electron chi connectivity index (χ2n) is 9.73. The number of fused-ring (bicyclic) bond motifs is 1. The molecule has 9 heteroatoms. The maximum Gasteiger partial charge on any atom is 0.418 e. The van der Waals surface area contributed by atoms with Gasteiger partial charge in [0, 0.05) is 34.6 Å². The molecule has 4 aromatic heterocycles. The number of aryl methyl sites for hydroxylation is 2. The highest BCUT2D eigenvalue weighted by molar-refractivity contribution is 5.76. The summed E-state index contributed by atoms with van der Waals surface area (Å²) in [5.41, 5.74) is 1.55. The van der Waals surface area contributed by atoms with E-state index < -0.39 is 17.7 Å². The topological polar surface area (TPSA) is 60.7 Å². The normalized spacial score (nSPS) is 18.3. The fourth-order valence-electron chi connectivity index (χ4n) is 5.49. The smallest absolute Gasteiger partial charge is 0.286 e. The predicted octanol–water partition coefficient (Wildman–Crippen LogP) is 6.45. The van der Waals surface area contributed by atoms with Crippen LogP contribution in [0.1, 0.15) is 71.2 Å². The standard InChI is InChI=1S/C28H26F4N4O/c1-16-11-13-34-25(29)24(16)19-9-7-18(8-10-19)21-14-20-6-5-17(2)35-26(20)36(27(21)37)15-23-22(28(30,31)32)4-3-12-33-23/h3-6,11-14,18-19H,7-10,15H2,1-2H3. The third-order valence-corrected chi connectivity index (χ3v) is 7.34. The van der Waals surface area contributed by atoms with Crippen LogP contribution >= 0.6 is 0 Å². The average Bonchev–Trinajstić information content (AvgIpc) is 2.86. The Balaban J connectivity index is 1.53. The maximum atomic E-state index is 14.4. The first-order chi connectivity index (χ1) is 17.6. The van der Waals surface area contributed by atoms with Gasteiger partial charge in [0.2, 0.25) is 5.95 Å². The lowest BCUT2D eigenvalue weighted by molar-refractivity contribution is -0.138. The quantitative estimate of drug-likeness (QED) is 0.234. The molecule has 0 saturated heterocycles. The largest absolute Gasteiger partial charge is 0.418 e. The molecule has 5 nitrogen and oxygen atoms in total. The summed E-state index contributed by atoms with van der Waals surface area (Å²) in [7, 11) is 0. The lowest BCUT2D eigenvalue weighted by Gasteiger charge is -2.30. The van der Waals surface area contributed by atoms with Gasteiger partial charge < -0.3 is 0 Å². The molecule has 0 radical (unpaired) electrons. The summed E-state index contributed by atoms with van der Waals surface area (Å²) in [5, 5.41) is 0.681. The Morgan fingerprint density at radius 2 is 1.70 bits per heavy atom. The fraction of sp³-hybridized carbons (Fsp3) is 0.357. The summed E-state index contributed by atoms with van der Waals surface area (Å²) in [6, 6.07) is 9.46. The van der Waals surface area contributed by atoms with Gasteiger partial charge in [-0.2, -0.15) is 17.6 Å². The van der Waals surface area contributed by atoms with Gasteiger partial charge in [-0.15, -0.1) is 0 Å². The molecule has 1 fully saturated rings. The minimum Gasteiger partial charge on any atom is -0.286 e. The van der Waals surface area contributed by atoms with Crippen LogP contribution < -0.4 is 5.56 Å². The molecule has 1 aliphatic rings. The number of alkyl halides is 3. The van der Waals surface area contributed by atoms with Crippen molar-refractivity contribution in [2.75, 3.05) is 0 Å². The number of hydrogen-bond acceptors (Lipinski definition) is 4. The van der Waals surface area contributed by atoms with Crippen LogP contribution in [-0.2, 0) is 12.7 Å². The van der Waals surface area contributed by atoms with E-state index in [-0.39, 0.29) is 29.6 Å². The zero-order valence-electron chi connectivity index (χ0n) is 20.5. The number of pyridine rings is 4. The lowest BCUT2D eigenvalue weighted by atomic mass is 9.75. The van der Waals surface area contributed by atoms with Crippen LogP contribution in [0.4, 0.5) is 17.6 Å². The van der Waals surface area contributed by atoms with E-state index in [2.05, 4.69) is 15.0 Å². The van der Waals surface area contributed by atoms with Gasteiger partial charge in [-0.25, -0.2) is 9.97 Å². The molecule has 0 amide bonds. The van der Waals surface area contributed by atoms with Crippen LogP contribution in [0, 0.1) is 19.8 Å². The van der Waals surface area contributed by atoms with E-state index in [1.54, 1.807) is 13.0 Å². The van der Waals surface area contributed by atoms with Crippen molar-refractivity contribution in [1.29, 1.82) is 0 Å². The molecule has 0 spiro atoms. The molecule has 5 rings (SSSR count). The van der Waals surface area contributed by atoms with E-state index in [0.29, 0.717) is 53.5 Å². The molecular weight excluding hydrogens is 484 g/mol. The van der Waals surface area contributed by atoms with Crippen LogP contribution in [0.5, 0.6) is 0 Å². The van der Waals surface area contributed by atoms with Gasteiger partial charge in [0.25, 0.3) is 5.56 Å². The average molecular weight is 511 g/mol. The first-order valence-electron chi connectivity index (χ1n) is 12.3. The SMILES string of the molecule is Cc1ccc2cc(C3CCC(c4c(C)ccnc4F)CC3)c(=O)n(Cc3ncccc3C(F)(F)F)c2n1. The van der Waals surface area contributed by atoms with E-state index in [1.165, 1.54) is 23.0 Å². The van der Waals surface area contributed by atoms with Gasteiger partial charge in [-0.1, -0.05) is 0 Å². The zero-order chi connectivity index (χ0) is 26.3. The highest BCUT2D eigenvalue weighted by Crippen LogP contribution is 2.41. The molecule has 0 atom stereocenters. The summed E-state index contributed by atoms with van der Waals surface area (Å²) in [4.78, 5) is 26.0. The Hall–Kier alpha value is -3.62. The summed E-state index contributed by atoms with van der Waals surface area (Å²) in [6.07, 6.45) is 0.861. The first kappa shape index (κ1) is 25.0. The van der Waals surface area contributed by atoms with E-state index in [0.717, 1.165) is 11.6 Å². The van der Waals surface area contributed by atoms with Crippen LogP contribution in [0.2, 0.25) is 0 Å². The van der Waals surface area contributed by atoms with Crippen LogP contribution in [0.25, 0.3) is 11.0 Å². The van der Waals surface area contributed by atoms with Crippen LogP contribution in [-0.4, -0.2) is 19.5 Å². The zero-order valence-corrected chi connectivity index (χ0v) is 20.5. The summed E-state index contributed by atoms with van der Waals surface area (Å²) < 4.78 is 56.7. The van der Waals surface area contributed by atoms with E-state index in [4.69, 9.17) is 0 Å². The maximum absolute atomic E-state index is 14.4. The van der Waals surface area contributed by atoms with Crippen molar-refractivity contribution in [3.8, 4) is 0 Å². The molecule has 0 aromatic carbocycles. The Morgan fingerprint density at radius 1 is 0.973 bits per heavy atom. The van der Waals surface area contributed by atoms with Gasteiger partial charge >= 0.3 is 6.18 Å². The Morgan fingerprint density at radius 3 is 2.41 bits per heavy atom. The first-order valence-corrected chi connectivity index (χ1v) is 12.3. The summed E-state index contributed by atoms with van der Waals surface area (Å²) >= 11 is 0. The third-order valence-electron chi connectivity index (χ3n) is 7.34. The Labute approximate surface area is 211 Å². The molecule has 4 aromatic rings. The summed E-state index contributed by atoms with van der Waals surface area (Å²) in [6.45, 7) is 3.30. The molecule has 1 aliphatic carbocycles. The molecule has 1 saturated carbocycles. The highest BCUT2D eigenvalue weighted by Gasteiger charge is 2.34. The molecule has 0 aliphatic heterocycles. The molecule has 4 heterocycles. The molecule has 192 valence electrons. The van der Waals surface area contributed by atoms with Gasteiger partial charge in [-0.3, -0.25) is 14.3 Å². The van der Waals surface area contributed by atoms with Gasteiger partial charge in [0.15, 0.2) is 0 Å². The van der Waals surface area contributed by atoms with Crippen LogP contribution in [0.3, 0.4) is 0 Å². The predicted molar refractivity (Wildman–Crippen MR) is 132 cm³/mol. The highest BCUT2D eigenvalue weighted by atomic mass is 19.4. The number of hydrogen-bond donors (Lipinski definition) is 0. The van der Waals surface area contributed by atoms with Gasteiger partial charge in [0.05, 0.1) is 17.8 Å². The van der Waals surface area contributed by atoms with Crippen molar-refractivity contribution < 1.29 is 17.6 Å². The van der Waals surface area contributed by atoms with Crippen molar-refractivity contribution in [1.82, 2.24) is 19.5 Å².